The molecule has 0 fully saturated rings. The minimum Gasteiger partial charge on any atom is -0.478 e. The van der Waals surface area contributed by atoms with Gasteiger partial charge in [0.05, 0.1) is 9.79 Å². The number of carboxylic acids is 1. The van der Waals surface area contributed by atoms with Crippen molar-refractivity contribution in [3.8, 4) is 0 Å². The van der Waals surface area contributed by atoms with Gasteiger partial charge in [0.2, 0.25) is 5.24 Å². The third-order valence-corrected chi connectivity index (χ3v) is 8.10. The Balaban J connectivity index is 0.000000230. The fraction of sp³-hybridized carbons (Fsp3) is 0. The summed E-state index contributed by atoms with van der Waals surface area (Å²) in [7, 11) is -7.38. The molecule has 42 heavy (non-hydrogen) atoms. The number of para-hydroxylation sites is 2. The number of benzene rings is 4. The maximum atomic E-state index is 12.3. The molecule has 0 bridgehead atoms. The number of allylic oxidation sites excluding steroid dienone is 1. The molecule has 0 aromatic heterocycles. The summed E-state index contributed by atoms with van der Waals surface area (Å²) in [6, 6.07) is 29.4. The minimum absolute atomic E-state index is 0.0684. The van der Waals surface area contributed by atoms with Gasteiger partial charge in [-0.05, 0) is 83.4 Å². The van der Waals surface area contributed by atoms with Crippen molar-refractivity contribution in [3.05, 3.63) is 132 Å². The molecule has 12 heteroatoms. The van der Waals surface area contributed by atoms with Crippen LogP contribution in [0.15, 0.2) is 131 Å². The number of aliphatic carboxylic acids is 1. The number of rotatable bonds is 10. The molecule has 4 aromatic carbocycles. The predicted octanol–water partition coefficient (Wildman–Crippen LogP) is 5.85. The van der Waals surface area contributed by atoms with Crippen LogP contribution in [0.2, 0.25) is 0 Å². The highest BCUT2D eigenvalue weighted by Crippen LogP contribution is 2.19. The van der Waals surface area contributed by atoms with Crippen molar-refractivity contribution in [2.75, 3.05) is 9.44 Å². The predicted molar refractivity (Wildman–Crippen MR) is 164 cm³/mol. The van der Waals surface area contributed by atoms with Gasteiger partial charge in [-0.1, -0.05) is 66.7 Å². The van der Waals surface area contributed by atoms with Crippen LogP contribution in [0.4, 0.5) is 11.4 Å². The second kappa shape index (κ2) is 14.8. The van der Waals surface area contributed by atoms with Crippen LogP contribution in [-0.2, 0) is 29.6 Å². The molecule has 216 valence electrons. The average molecular weight is 625 g/mol. The van der Waals surface area contributed by atoms with Crippen LogP contribution in [0.1, 0.15) is 11.1 Å². The summed E-state index contributed by atoms with van der Waals surface area (Å²) >= 11 is 5.21. The number of carbonyl (C=O) groups excluding carboxylic acids is 1. The van der Waals surface area contributed by atoms with Crippen LogP contribution in [-0.4, -0.2) is 33.2 Å². The highest BCUT2D eigenvalue weighted by atomic mass is 35.5. The highest BCUT2D eigenvalue weighted by molar-refractivity contribution is 7.93. The number of anilines is 2. The summed E-state index contributed by atoms with van der Waals surface area (Å²) in [5, 5.41) is 7.96. The summed E-state index contributed by atoms with van der Waals surface area (Å²) in [4.78, 5) is 21.3. The lowest BCUT2D eigenvalue weighted by molar-refractivity contribution is -0.131. The van der Waals surface area contributed by atoms with Gasteiger partial charge in [-0.2, -0.15) is 0 Å². The number of hydrogen-bond acceptors (Lipinski definition) is 6. The van der Waals surface area contributed by atoms with Gasteiger partial charge >= 0.3 is 5.97 Å². The molecule has 0 saturated carbocycles. The third kappa shape index (κ3) is 10.4. The van der Waals surface area contributed by atoms with Crippen molar-refractivity contribution in [1.29, 1.82) is 0 Å². The fourth-order valence-electron chi connectivity index (χ4n) is 3.34. The average Bonchev–Trinajstić information content (AvgIpc) is 2.96. The van der Waals surface area contributed by atoms with Crippen molar-refractivity contribution in [1.82, 2.24) is 0 Å². The van der Waals surface area contributed by atoms with Crippen molar-refractivity contribution in [3.63, 3.8) is 0 Å². The monoisotopic (exact) mass is 624 g/mol. The van der Waals surface area contributed by atoms with E-state index < -0.39 is 31.3 Å². The maximum Gasteiger partial charge on any atom is 0.328 e. The first kappa shape index (κ1) is 31.8. The van der Waals surface area contributed by atoms with Gasteiger partial charge in [-0.25, -0.2) is 21.6 Å². The number of nitrogens with one attached hydrogen (secondary N) is 2. The van der Waals surface area contributed by atoms with Crippen molar-refractivity contribution < 1.29 is 31.5 Å². The third-order valence-electron chi connectivity index (χ3n) is 5.21. The normalized spacial score (nSPS) is 11.5. The zero-order valence-corrected chi connectivity index (χ0v) is 24.2. The standard InChI is InChI=1S/C15H12ClNO3S.C15H13NO4S/c16-15(18)10-9-12-5-4-8-14(11-12)21(19,20)17-13-6-2-1-3-7-13;17-15(18)10-9-12-5-4-8-14(11-12)21(19,20)16-13-6-2-1-3-7-13/h1-11,17H;1-11,16H,(H,17,18)/b2*10-9+. The number of carboxylic acid groups (broad SMARTS) is 1. The molecule has 9 nitrogen and oxygen atoms in total. The number of sulfonamides is 2. The Morgan fingerprint density at radius 3 is 1.38 bits per heavy atom. The lowest BCUT2D eigenvalue weighted by atomic mass is 10.2. The Morgan fingerprint density at radius 2 is 1.00 bits per heavy atom. The van der Waals surface area contributed by atoms with Crippen LogP contribution in [0.3, 0.4) is 0 Å². The minimum atomic E-state index is -3.71. The topological polar surface area (TPSA) is 147 Å². The van der Waals surface area contributed by atoms with E-state index in [2.05, 4.69) is 9.44 Å². The van der Waals surface area contributed by atoms with E-state index in [9.17, 15) is 26.4 Å². The number of carbonyl (C=O) groups is 2. The van der Waals surface area contributed by atoms with Gasteiger partial charge in [-0.15, -0.1) is 0 Å². The molecule has 0 saturated heterocycles. The van der Waals surface area contributed by atoms with E-state index in [1.54, 1.807) is 84.9 Å². The molecule has 0 atom stereocenters. The summed E-state index contributed by atoms with van der Waals surface area (Å²) in [5.41, 5.74) is 2.01. The summed E-state index contributed by atoms with van der Waals surface area (Å²) in [6.45, 7) is 0. The highest BCUT2D eigenvalue weighted by Gasteiger charge is 2.15. The van der Waals surface area contributed by atoms with Gasteiger partial charge < -0.3 is 5.11 Å². The molecule has 0 unspecified atom stereocenters. The lowest BCUT2D eigenvalue weighted by Gasteiger charge is -2.08. The molecule has 0 aliphatic rings. The molecule has 0 spiro atoms. The summed E-state index contributed by atoms with van der Waals surface area (Å²) < 4.78 is 53.9. The van der Waals surface area contributed by atoms with Crippen LogP contribution >= 0.6 is 11.6 Å². The van der Waals surface area contributed by atoms with E-state index in [0.29, 0.717) is 22.5 Å². The maximum absolute atomic E-state index is 12.3. The summed E-state index contributed by atoms with van der Waals surface area (Å²) in [5.74, 6) is -1.09. The van der Waals surface area contributed by atoms with Gasteiger partial charge in [0.15, 0.2) is 0 Å². The molecule has 0 radical (unpaired) electrons. The molecule has 4 aromatic rings. The first-order valence-corrected chi connectivity index (χ1v) is 15.4. The molecule has 0 aliphatic carbocycles. The van der Waals surface area contributed by atoms with Crippen LogP contribution in [0.25, 0.3) is 12.2 Å². The second-order valence-corrected chi connectivity index (χ2v) is 12.1. The largest absolute Gasteiger partial charge is 0.478 e. The molecule has 0 heterocycles. The SMILES string of the molecule is O=C(Cl)/C=C/c1cccc(S(=O)(=O)Nc2ccccc2)c1.O=C(O)/C=C/c1cccc(S(=O)(=O)Nc2ccccc2)c1. The molecule has 4 rings (SSSR count). The number of halogens is 1. The first-order valence-electron chi connectivity index (χ1n) is 12.1. The zero-order chi connectivity index (χ0) is 30.6. The molecule has 0 amide bonds. The lowest BCUT2D eigenvalue weighted by Crippen LogP contribution is -2.12. The zero-order valence-electron chi connectivity index (χ0n) is 21.8. The Hall–Kier alpha value is -4.71. The first-order chi connectivity index (χ1) is 19.9. The van der Waals surface area contributed by atoms with E-state index in [1.807, 2.05) is 0 Å². The van der Waals surface area contributed by atoms with E-state index in [0.717, 1.165) is 12.2 Å². The molecular weight excluding hydrogens is 600 g/mol. The van der Waals surface area contributed by atoms with E-state index in [-0.39, 0.29) is 9.79 Å². The van der Waals surface area contributed by atoms with Gasteiger partial charge in [0, 0.05) is 17.5 Å². The van der Waals surface area contributed by atoms with Crippen LogP contribution in [0, 0.1) is 0 Å². The van der Waals surface area contributed by atoms with Crippen LogP contribution < -0.4 is 9.44 Å². The fourth-order valence-corrected chi connectivity index (χ4v) is 5.63. The Labute approximate surface area is 248 Å². The molecule has 3 N–H and O–H groups in total. The van der Waals surface area contributed by atoms with Gasteiger partial charge in [-0.3, -0.25) is 14.2 Å². The van der Waals surface area contributed by atoms with Gasteiger partial charge in [0.25, 0.3) is 20.0 Å². The number of hydrogen-bond donors (Lipinski definition) is 3. The molecule has 0 aliphatic heterocycles. The summed E-state index contributed by atoms with van der Waals surface area (Å²) in [6.07, 6.45) is 4.91. The van der Waals surface area contributed by atoms with Crippen molar-refractivity contribution in [2.45, 2.75) is 9.79 Å². The Morgan fingerprint density at radius 1 is 0.595 bits per heavy atom. The van der Waals surface area contributed by atoms with E-state index in [1.165, 1.54) is 36.4 Å². The van der Waals surface area contributed by atoms with Crippen molar-refractivity contribution in [2.24, 2.45) is 0 Å². The second-order valence-electron chi connectivity index (χ2n) is 8.40. The smallest absolute Gasteiger partial charge is 0.328 e. The Bertz CT molecular complexity index is 1670. The van der Waals surface area contributed by atoms with E-state index >= 15 is 0 Å². The van der Waals surface area contributed by atoms with E-state index in [4.69, 9.17) is 16.7 Å². The van der Waals surface area contributed by atoms with Crippen LogP contribution in [0.5, 0.6) is 0 Å². The Kier molecular flexibility index (Phi) is 11.2. The quantitative estimate of drug-likeness (QED) is 0.148. The van der Waals surface area contributed by atoms with Crippen molar-refractivity contribution >= 4 is 66.4 Å². The molecular formula is C30H25ClN2O7S2. The van der Waals surface area contributed by atoms with Gasteiger partial charge in [0.1, 0.15) is 0 Å².